The zero-order valence-corrected chi connectivity index (χ0v) is 15.3. The summed E-state index contributed by atoms with van der Waals surface area (Å²) in [6.07, 6.45) is 0. The number of hydrogen-bond donors (Lipinski definition) is 0. The SMILES string of the molecule is O=C(COc1ccc(Cl)cc1Cl)OCc1csc(-c2ccccc2)n1. The minimum Gasteiger partial charge on any atom is -0.480 e. The Bertz CT molecular complexity index is 868. The monoisotopic (exact) mass is 393 g/mol. The zero-order valence-electron chi connectivity index (χ0n) is 12.9. The number of benzene rings is 2. The Labute approximate surface area is 158 Å². The van der Waals surface area contributed by atoms with E-state index in [1.54, 1.807) is 18.2 Å². The Balaban J connectivity index is 1.50. The predicted octanol–water partition coefficient (Wildman–Crippen LogP) is 5.24. The second-order valence-corrected chi connectivity index (χ2v) is 6.74. The molecule has 0 amide bonds. The van der Waals surface area contributed by atoms with Gasteiger partial charge < -0.3 is 9.47 Å². The highest BCUT2D eigenvalue weighted by Crippen LogP contribution is 2.27. The maximum absolute atomic E-state index is 11.8. The number of carbonyl (C=O) groups excluding carboxylic acids is 1. The molecule has 128 valence electrons. The molecule has 0 unspecified atom stereocenters. The Morgan fingerprint density at radius 3 is 2.68 bits per heavy atom. The number of halogens is 2. The summed E-state index contributed by atoms with van der Waals surface area (Å²) in [5, 5.41) is 3.59. The van der Waals surface area contributed by atoms with Gasteiger partial charge in [0.25, 0.3) is 0 Å². The second-order valence-electron chi connectivity index (χ2n) is 5.03. The smallest absolute Gasteiger partial charge is 0.344 e. The number of rotatable bonds is 6. The molecule has 2 aromatic carbocycles. The molecule has 0 fully saturated rings. The van der Waals surface area contributed by atoms with E-state index in [2.05, 4.69) is 4.98 Å². The molecule has 0 saturated carbocycles. The number of carbonyl (C=O) groups is 1. The van der Waals surface area contributed by atoms with Crippen LogP contribution in [0, 0.1) is 0 Å². The summed E-state index contributed by atoms with van der Waals surface area (Å²) < 4.78 is 10.5. The molecule has 0 N–H and O–H groups in total. The van der Waals surface area contributed by atoms with Crippen LogP contribution in [0.5, 0.6) is 5.75 Å². The van der Waals surface area contributed by atoms with Crippen LogP contribution < -0.4 is 4.74 Å². The molecule has 4 nitrogen and oxygen atoms in total. The van der Waals surface area contributed by atoms with Crippen LogP contribution >= 0.6 is 34.5 Å². The van der Waals surface area contributed by atoms with E-state index in [9.17, 15) is 4.79 Å². The first kappa shape index (κ1) is 17.7. The van der Waals surface area contributed by atoms with Gasteiger partial charge in [-0.05, 0) is 18.2 Å². The zero-order chi connectivity index (χ0) is 17.6. The summed E-state index contributed by atoms with van der Waals surface area (Å²) in [6, 6.07) is 14.6. The third-order valence-corrected chi connectivity index (χ3v) is 4.66. The molecule has 7 heteroatoms. The fourth-order valence-electron chi connectivity index (χ4n) is 2.01. The first-order chi connectivity index (χ1) is 12.1. The topological polar surface area (TPSA) is 48.4 Å². The van der Waals surface area contributed by atoms with Crippen molar-refractivity contribution in [2.75, 3.05) is 6.61 Å². The van der Waals surface area contributed by atoms with Gasteiger partial charge in [0.2, 0.25) is 0 Å². The van der Waals surface area contributed by atoms with E-state index in [0.717, 1.165) is 10.6 Å². The number of aromatic nitrogens is 1. The molecule has 0 radical (unpaired) electrons. The normalized spacial score (nSPS) is 10.5. The highest BCUT2D eigenvalue weighted by atomic mass is 35.5. The van der Waals surface area contributed by atoms with Crippen LogP contribution in [-0.4, -0.2) is 17.6 Å². The highest BCUT2D eigenvalue weighted by Gasteiger charge is 2.10. The van der Waals surface area contributed by atoms with Crippen molar-refractivity contribution in [3.63, 3.8) is 0 Å². The highest BCUT2D eigenvalue weighted by molar-refractivity contribution is 7.13. The summed E-state index contributed by atoms with van der Waals surface area (Å²) in [5.74, 6) is -0.122. The maximum atomic E-state index is 11.8. The van der Waals surface area contributed by atoms with Crippen molar-refractivity contribution >= 4 is 40.5 Å². The van der Waals surface area contributed by atoms with Crippen molar-refractivity contribution in [3.05, 3.63) is 69.7 Å². The van der Waals surface area contributed by atoms with Crippen molar-refractivity contribution in [2.24, 2.45) is 0 Å². The fraction of sp³-hybridized carbons (Fsp3) is 0.111. The molecule has 1 heterocycles. The lowest BCUT2D eigenvalue weighted by Crippen LogP contribution is -2.15. The van der Waals surface area contributed by atoms with Gasteiger partial charge in [-0.15, -0.1) is 11.3 Å². The lowest BCUT2D eigenvalue weighted by molar-refractivity contribution is -0.147. The van der Waals surface area contributed by atoms with Crippen molar-refractivity contribution in [1.29, 1.82) is 0 Å². The molecule has 3 rings (SSSR count). The van der Waals surface area contributed by atoms with Crippen LogP contribution in [-0.2, 0) is 16.1 Å². The molecular weight excluding hydrogens is 381 g/mol. The van der Waals surface area contributed by atoms with Crippen LogP contribution in [0.15, 0.2) is 53.9 Å². The van der Waals surface area contributed by atoms with Gasteiger partial charge in [0, 0.05) is 16.0 Å². The van der Waals surface area contributed by atoms with Gasteiger partial charge in [-0.25, -0.2) is 9.78 Å². The molecule has 1 aromatic heterocycles. The lowest BCUT2D eigenvalue weighted by atomic mass is 10.2. The Kier molecular flexibility index (Phi) is 5.91. The molecule has 25 heavy (non-hydrogen) atoms. The van der Waals surface area contributed by atoms with Crippen molar-refractivity contribution < 1.29 is 14.3 Å². The minimum absolute atomic E-state index is 0.0971. The van der Waals surface area contributed by atoms with Crippen molar-refractivity contribution in [3.8, 4) is 16.3 Å². The van der Waals surface area contributed by atoms with Crippen LogP contribution in [0.2, 0.25) is 10.0 Å². The van der Waals surface area contributed by atoms with Gasteiger partial charge in [0.15, 0.2) is 6.61 Å². The summed E-state index contributed by atoms with van der Waals surface area (Å²) in [7, 11) is 0. The maximum Gasteiger partial charge on any atom is 0.344 e. The molecule has 0 aliphatic rings. The number of esters is 1. The van der Waals surface area contributed by atoms with E-state index >= 15 is 0 Å². The number of ether oxygens (including phenoxy) is 2. The van der Waals surface area contributed by atoms with Gasteiger partial charge in [-0.2, -0.15) is 0 Å². The van der Waals surface area contributed by atoms with Gasteiger partial charge >= 0.3 is 5.97 Å². The van der Waals surface area contributed by atoms with Gasteiger partial charge in [0.1, 0.15) is 17.4 Å². The number of thiazole rings is 1. The van der Waals surface area contributed by atoms with E-state index < -0.39 is 5.97 Å². The average Bonchev–Trinajstić information content (AvgIpc) is 3.09. The summed E-state index contributed by atoms with van der Waals surface area (Å²) in [6.45, 7) is -0.142. The van der Waals surface area contributed by atoms with E-state index in [1.165, 1.54) is 11.3 Å². The fourth-order valence-corrected chi connectivity index (χ4v) is 3.29. The van der Waals surface area contributed by atoms with E-state index in [0.29, 0.717) is 21.5 Å². The lowest BCUT2D eigenvalue weighted by Gasteiger charge is -2.07. The minimum atomic E-state index is -0.500. The van der Waals surface area contributed by atoms with Gasteiger partial charge in [-0.3, -0.25) is 0 Å². The predicted molar refractivity (Wildman–Crippen MR) is 99.3 cm³/mol. The standard InChI is InChI=1S/C18H13Cl2NO3S/c19-13-6-7-16(15(20)8-13)23-10-17(22)24-9-14-11-25-18(21-14)12-4-2-1-3-5-12/h1-8,11H,9-10H2. The average molecular weight is 394 g/mol. The third-order valence-electron chi connectivity index (χ3n) is 3.19. The van der Waals surface area contributed by atoms with E-state index in [1.807, 2.05) is 35.7 Å². The van der Waals surface area contributed by atoms with Crippen molar-refractivity contribution in [2.45, 2.75) is 6.61 Å². The summed E-state index contributed by atoms with van der Waals surface area (Å²) in [5.41, 5.74) is 1.73. The molecule has 0 saturated heterocycles. The van der Waals surface area contributed by atoms with E-state index in [4.69, 9.17) is 32.7 Å². The van der Waals surface area contributed by atoms with Crippen LogP contribution in [0.3, 0.4) is 0 Å². The Hall–Kier alpha value is -2.08. The number of hydrogen-bond acceptors (Lipinski definition) is 5. The first-order valence-electron chi connectivity index (χ1n) is 7.35. The Morgan fingerprint density at radius 1 is 1.12 bits per heavy atom. The third kappa shape index (κ3) is 4.95. The Morgan fingerprint density at radius 2 is 1.92 bits per heavy atom. The summed E-state index contributed by atoms with van der Waals surface area (Å²) in [4.78, 5) is 16.3. The molecule has 0 spiro atoms. The van der Waals surface area contributed by atoms with Crippen LogP contribution in [0.4, 0.5) is 0 Å². The van der Waals surface area contributed by atoms with Gasteiger partial charge in [0.05, 0.1) is 10.7 Å². The molecule has 0 aliphatic carbocycles. The van der Waals surface area contributed by atoms with Crippen molar-refractivity contribution in [1.82, 2.24) is 4.98 Å². The van der Waals surface area contributed by atoms with E-state index in [-0.39, 0.29) is 13.2 Å². The van der Waals surface area contributed by atoms with Gasteiger partial charge in [-0.1, -0.05) is 53.5 Å². The molecule has 0 atom stereocenters. The molecule has 0 bridgehead atoms. The molecular formula is C18H13Cl2NO3S. The van der Waals surface area contributed by atoms with Crippen LogP contribution in [0.25, 0.3) is 10.6 Å². The second kappa shape index (κ2) is 8.34. The van der Waals surface area contributed by atoms with Crippen LogP contribution in [0.1, 0.15) is 5.69 Å². The largest absolute Gasteiger partial charge is 0.480 e. The summed E-state index contributed by atoms with van der Waals surface area (Å²) >= 11 is 13.3. The quantitative estimate of drug-likeness (QED) is 0.537. The number of nitrogens with zero attached hydrogens (tertiary/aromatic N) is 1. The molecule has 3 aromatic rings. The molecule has 0 aliphatic heterocycles. The first-order valence-corrected chi connectivity index (χ1v) is 8.98.